The van der Waals surface area contributed by atoms with Gasteiger partial charge in [0.15, 0.2) is 0 Å². The van der Waals surface area contributed by atoms with E-state index in [0.29, 0.717) is 5.78 Å². The number of benzene rings is 1. The minimum atomic E-state index is 0. The van der Waals surface area contributed by atoms with Crippen LogP contribution in [-0.2, 0) is 11.3 Å². The molecule has 1 aliphatic rings. The summed E-state index contributed by atoms with van der Waals surface area (Å²) in [6.07, 6.45) is 4.16. The molecule has 1 N–H and O–H groups in total. The van der Waals surface area contributed by atoms with Crippen molar-refractivity contribution in [1.82, 2.24) is 5.32 Å². The van der Waals surface area contributed by atoms with E-state index in [1.54, 1.807) is 0 Å². The first kappa shape index (κ1) is 14.4. The number of hydrogen-bond donors (Lipinski definition) is 1. The van der Waals surface area contributed by atoms with Gasteiger partial charge in [0.1, 0.15) is 5.78 Å². The molecule has 0 heterocycles. The highest BCUT2D eigenvalue weighted by molar-refractivity contribution is 8.93. The highest BCUT2D eigenvalue weighted by Gasteiger charge is 2.21. The highest BCUT2D eigenvalue weighted by Crippen LogP contribution is 2.19. The molecule has 0 bridgehead atoms. The Balaban J connectivity index is 0.00000144. The van der Waals surface area contributed by atoms with Crippen LogP contribution in [0.3, 0.4) is 0 Å². The van der Waals surface area contributed by atoms with Crippen molar-refractivity contribution in [3.63, 3.8) is 0 Å². The molecule has 1 aliphatic carbocycles. The summed E-state index contributed by atoms with van der Waals surface area (Å²) < 4.78 is 0. The van der Waals surface area contributed by atoms with Crippen LogP contribution in [0, 0.1) is 5.92 Å². The van der Waals surface area contributed by atoms with Crippen LogP contribution >= 0.6 is 17.0 Å². The van der Waals surface area contributed by atoms with Gasteiger partial charge in [-0.15, -0.1) is 17.0 Å². The molecule has 0 aliphatic heterocycles. The number of hydrogen-bond acceptors (Lipinski definition) is 2. The molecule has 1 aromatic carbocycles. The van der Waals surface area contributed by atoms with Crippen molar-refractivity contribution in [2.75, 3.05) is 6.54 Å². The van der Waals surface area contributed by atoms with E-state index in [-0.39, 0.29) is 22.9 Å². The van der Waals surface area contributed by atoms with Gasteiger partial charge in [0.25, 0.3) is 0 Å². The molecule has 0 amide bonds. The molecular weight excluding hydrogens is 278 g/mol. The Morgan fingerprint density at radius 3 is 2.65 bits per heavy atom. The summed E-state index contributed by atoms with van der Waals surface area (Å²) in [6, 6.07) is 10.3. The summed E-state index contributed by atoms with van der Waals surface area (Å²) in [5.74, 6) is 0.712. The lowest BCUT2D eigenvalue weighted by atomic mass is 9.88. The monoisotopic (exact) mass is 297 g/mol. The lowest BCUT2D eigenvalue weighted by Crippen LogP contribution is -2.30. The molecule has 2 nitrogen and oxygen atoms in total. The van der Waals surface area contributed by atoms with Crippen LogP contribution in [0.5, 0.6) is 0 Å². The van der Waals surface area contributed by atoms with Gasteiger partial charge >= 0.3 is 0 Å². The molecule has 2 rings (SSSR count). The first-order valence-electron chi connectivity index (χ1n) is 6.13. The van der Waals surface area contributed by atoms with Crippen LogP contribution in [0.2, 0.25) is 0 Å². The van der Waals surface area contributed by atoms with Crippen molar-refractivity contribution in [3.05, 3.63) is 35.9 Å². The summed E-state index contributed by atoms with van der Waals surface area (Å²) >= 11 is 0. The number of rotatable bonds is 4. The first-order valence-corrected chi connectivity index (χ1v) is 6.13. The van der Waals surface area contributed by atoms with Crippen molar-refractivity contribution in [3.8, 4) is 0 Å². The van der Waals surface area contributed by atoms with E-state index in [0.717, 1.165) is 32.4 Å². The van der Waals surface area contributed by atoms with E-state index in [2.05, 4.69) is 17.4 Å². The van der Waals surface area contributed by atoms with E-state index in [9.17, 15) is 4.79 Å². The van der Waals surface area contributed by atoms with Gasteiger partial charge in [-0.3, -0.25) is 4.79 Å². The van der Waals surface area contributed by atoms with Gasteiger partial charge in [0.2, 0.25) is 0 Å². The third-order valence-electron chi connectivity index (χ3n) is 3.24. The Bertz CT molecular complexity index is 339. The molecule has 0 aromatic heterocycles. The average Bonchev–Trinajstić information content (AvgIpc) is 2.33. The molecule has 0 radical (unpaired) electrons. The first-order chi connectivity index (χ1) is 7.86. The van der Waals surface area contributed by atoms with Gasteiger partial charge in [0, 0.05) is 25.4 Å². The largest absolute Gasteiger partial charge is 0.312 e. The SMILES string of the molecule is Br.O=C1CCCCC1CNCc1ccccc1. The number of carbonyl (C=O) groups excluding carboxylic acids is 1. The summed E-state index contributed by atoms with van der Waals surface area (Å²) in [5, 5.41) is 3.38. The van der Waals surface area contributed by atoms with E-state index < -0.39 is 0 Å². The minimum absolute atomic E-state index is 0. The standard InChI is InChI=1S/C14H19NO.BrH/c16-14-9-5-4-8-13(14)11-15-10-12-6-2-1-3-7-12;/h1-3,6-7,13,15H,4-5,8-11H2;1H. The summed E-state index contributed by atoms with van der Waals surface area (Å²) in [7, 11) is 0. The normalized spacial score (nSPS) is 19.8. The van der Waals surface area contributed by atoms with Crippen LogP contribution in [-0.4, -0.2) is 12.3 Å². The second-order valence-corrected chi connectivity index (χ2v) is 4.53. The fraction of sp³-hybridized carbons (Fsp3) is 0.500. The average molecular weight is 298 g/mol. The van der Waals surface area contributed by atoms with E-state index in [1.807, 2.05) is 18.2 Å². The molecule has 1 fully saturated rings. The molecule has 0 spiro atoms. The summed E-state index contributed by atoms with van der Waals surface area (Å²) in [6.45, 7) is 1.71. The molecule has 17 heavy (non-hydrogen) atoms. The van der Waals surface area contributed by atoms with Crippen molar-refractivity contribution < 1.29 is 4.79 Å². The number of Topliss-reactive ketones (excluding diaryl/α,β-unsaturated/α-hetero) is 1. The number of ketones is 1. The van der Waals surface area contributed by atoms with Gasteiger partial charge in [-0.1, -0.05) is 36.8 Å². The molecule has 94 valence electrons. The Kier molecular flexibility index (Phi) is 6.45. The number of carbonyl (C=O) groups is 1. The van der Waals surface area contributed by atoms with Gasteiger partial charge in [-0.05, 0) is 18.4 Å². The lowest BCUT2D eigenvalue weighted by molar-refractivity contribution is -0.124. The molecule has 1 atom stereocenters. The van der Waals surface area contributed by atoms with Crippen LogP contribution in [0.25, 0.3) is 0 Å². The highest BCUT2D eigenvalue weighted by atomic mass is 79.9. The zero-order valence-electron chi connectivity index (χ0n) is 10.0. The fourth-order valence-corrected chi connectivity index (χ4v) is 2.26. The summed E-state index contributed by atoms with van der Waals surface area (Å²) in [4.78, 5) is 11.6. The van der Waals surface area contributed by atoms with E-state index >= 15 is 0 Å². The predicted molar refractivity (Wildman–Crippen MR) is 75.4 cm³/mol. The Labute approximate surface area is 114 Å². The van der Waals surface area contributed by atoms with Gasteiger partial charge in [0.05, 0.1) is 0 Å². The Morgan fingerprint density at radius 2 is 1.94 bits per heavy atom. The molecule has 0 saturated heterocycles. The zero-order valence-corrected chi connectivity index (χ0v) is 11.7. The van der Waals surface area contributed by atoms with Crippen molar-refractivity contribution in [2.45, 2.75) is 32.2 Å². The van der Waals surface area contributed by atoms with Gasteiger partial charge in [-0.25, -0.2) is 0 Å². The van der Waals surface area contributed by atoms with Gasteiger partial charge in [-0.2, -0.15) is 0 Å². The Hall–Kier alpha value is -0.670. The third kappa shape index (κ3) is 4.60. The fourth-order valence-electron chi connectivity index (χ4n) is 2.26. The molecule has 1 aromatic rings. The van der Waals surface area contributed by atoms with E-state index in [1.165, 1.54) is 12.0 Å². The molecule has 1 saturated carbocycles. The van der Waals surface area contributed by atoms with Crippen molar-refractivity contribution in [1.29, 1.82) is 0 Å². The zero-order chi connectivity index (χ0) is 11.2. The minimum Gasteiger partial charge on any atom is -0.312 e. The second-order valence-electron chi connectivity index (χ2n) is 4.53. The van der Waals surface area contributed by atoms with Crippen LogP contribution in [0.1, 0.15) is 31.2 Å². The third-order valence-corrected chi connectivity index (χ3v) is 3.24. The number of nitrogens with one attached hydrogen (secondary N) is 1. The number of halogens is 1. The smallest absolute Gasteiger partial charge is 0.137 e. The van der Waals surface area contributed by atoms with Crippen LogP contribution in [0.4, 0.5) is 0 Å². The maximum Gasteiger partial charge on any atom is 0.137 e. The van der Waals surface area contributed by atoms with E-state index in [4.69, 9.17) is 0 Å². The molecular formula is C14H20BrNO. The van der Waals surface area contributed by atoms with Crippen LogP contribution < -0.4 is 5.32 Å². The second kappa shape index (κ2) is 7.62. The topological polar surface area (TPSA) is 29.1 Å². The van der Waals surface area contributed by atoms with Crippen molar-refractivity contribution in [2.24, 2.45) is 5.92 Å². The van der Waals surface area contributed by atoms with Crippen LogP contribution in [0.15, 0.2) is 30.3 Å². The molecule has 3 heteroatoms. The maximum absolute atomic E-state index is 11.6. The Morgan fingerprint density at radius 1 is 1.18 bits per heavy atom. The van der Waals surface area contributed by atoms with Crippen molar-refractivity contribution >= 4 is 22.8 Å². The summed E-state index contributed by atoms with van der Waals surface area (Å²) in [5.41, 5.74) is 1.28. The van der Waals surface area contributed by atoms with Gasteiger partial charge < -0.3 is 5.32 Å². The molecule has 1 unspecified atom stereocenters. The maximum atomic E-state index is 11.6. The quantitative estimate of drug-likeness (QED) is 0.925. The predicted octanol–water partition coefficient (Wildman–Crippen LogP) is 3.11. The lowest BCUT2D eigenvalue weighted by Gasteiger charge is -2.20.